The molecule has 5 N–H and O–H groups in total. The number of benzene rings is 1. The van der Waals surface area contributed by atoms with Gasteiger partial charge >= 0.3 is 0 Å². The minimum atomic E-state index is -0.673. The van der Waals surface area contributed by atoms with Crippen molar-refractivity contribution in [3.05, 3.63) is 50.8 Å². The number of aromatic hydroxyl groups is 1. The number of aromatic nitrogens is 1. The van der Waals surface area contributed by atoms with Crippen molar-refractivity contribution in [1.29, 1.82) is 0 Å². The fraction of sp³-hybridized carbons (Fsp3) is 0.294. The van der Waals surface area contributed by atoms with Gasteiger partial charge in [-0.2, -0.15) is 0 Å². The van der Waals surface area contributed by atoms with Crippen LogP contribution in [0, 0.1) is 13.8 Å². The fourth-order valence-corrected chi connectivity index (χ4v) is 2.93. The van der Waals surface area contributed by atoms with Crippen LogP contribution in [0.3, 0.4) is 0 Å². The summed E-state index contributed by atoms with van der Waals surface area (Å²) in [5, 5.41) is 9.99. The van der Waals surface area contributed by atoms with Gasteiger partial charge in [0.1, 0.15) is 11.6 Å². The first kappa shape index (κ1) is 15.1. The molecule has 2 aromatic rings. The number of nitrogens with two attached hydrogens (primary N) is 2. The Morgan fingerprint density at radius 1 is 1.30 bits per heavy atom. The predicted octanol–water partition coefficient (Wildman–Crippen LogP) is 1.72. The van der Waals surface area contributed by atoms with Crippen LogP contribution in [0.5, 0.6) is 5.75 Å². The van der Waals surface area contributed by atoms with Crippen molar-refractivity contribution in [3.8, 4) is 11.4 Å². The Labute approximate surface area is 133 Å². The van der Waals surface area contributed by atoms with Crippen molar-refractivity contribution in [2.45, 2.75) is 32.6 Å². The number of pyridine rings is 1. The van der Waals surface area contributed by atoms with Crippen LogP contribution in [-0.2, 0) is 0 Å². The van der Waals surface area contributed by atoms with E-state index in [-0.39, 0.29) is 28.6 Å². The van der Waals surface area contributed by atoms with Crippen LogP contribution >= 0.6 is 0 Å². The van der Waals surface area contributed by atoms with Crippen molar-refractivity contribution < 1.29 is 9.90 Å². The number of primary amides is 1. The molecule has 6 heteroatoms. The van der Waals surface area contributed by atoms with E-state index in [1.165, 1.54) is 10.6 Å². The lowest BCUT2D eigenvalue weighted by Gasteiger charge is -2.19. The van der Waals surface area contributed by atoms with E-state index in [4.69, 9.17) is 11.5 Å². The number of nitrogens with zero attached hydrogens (tertiary/aromatic N) is 1. The summed E-state index contributed by atoms with van der Waals surface area (Å²) in [6.07, 6.45) is 1.82. The molecule has 1 fully saturated rings. The van der Waals surface area contributed by atoms with Gasteiger partial charge in [0.25, 0.3) is 11.5 Å². The maximum Gasteiger partial charge on any atom is 0.260 e. The van der Waals surface area contributed by atoms with Crippen LogP contribution in [0.25, 0.3) is 5.69 Å². The first-order valence-corrected chi connectivity index (χ1v) is 7.47. The maximum atomic E-state index is 12.9. The van der Waals surface area contributed by atoms with E-state index in [1.54, 1.807) is 19.1 Å². The van der Waals surface area contributed by atoms with Crippen LogP contribution < -0.4 is 17.0 Å². The van der Waals surface area contributed by atoms with Crippen molar-refractivity contribution in [1.82, 2.24) is 4.57 Å². The zero-order valence-corrected chi connectivity index (χ0v) is 13.1. The van der Waals surface area contributed by atoms with Gasteiger partial charge in [-0.05, 0) is 50.3 Å². The summed E-state index contributed by atoms with van der Waals surface area (Å²) in [6, 6.07) is 4.79. The molecule has 1 aliphatic carbocycles. The number of carbonyl (C=O) groups excluding carboxylic acids is 1. The standard InChI is InChI=1S/C17H19N3O3/c1-8-3-6-13(21)9(2)14(8)20-15(18)12(16(19)22)7-11(17(20)23)10-4-5-10/h3,6-7,10,21H,4-5,18H2,1-2H3,(H2,19,22). The van der Waals surface area contributed by atoms with Gasteiger partial charge in [-0.3, -0.25) is 14.2 Å². The monoisotopic (exact) mass is 313 g/mol. The number of phenolic OH excluding ortho intramolecular Hbond substituents is 1. The second-order valence-corrected chi connectivity index (χ2v) is 6.05. The first-order chi connectivity index (χ1) is 10.8. The second-order valence-electron chi connectivity index (χ2n) is 6.05. The van der Waals surface area contributed by atoms with E-state index in [0.29, 0.717) is 16.8 Å². The average molecular weight is 313 g/mol. The molecule has 1 aromatic carbocycles. The van der Waals surface area contributed by atoms with E-state index in [2.05, 4.69) is 0 Å². The number of hydrogen-bond donors (Lipinski definition) is 3. The zero-order chi connectivity index (χ0) is 16.9. The minimum Gasteiger partial charge on any atom is -0.508 e. The Morgan fingerprint density at radius 2 is 1.96 bits per heavy atom. The molecule has 0 bridgehead atoms. The lowest BCUT2D eigenvalue weighted by molar-refractivity contribution is 0.100. The normalized spacial score (nSPS) is 14.0. The van der Waals surface area contributed by atoms with E-state index >= 15 is 0 Å². The van der Waals surface area contributed by atoms with Gasteiger partial charge in [0.2, 0.25) is 0 Å². The summed E-state index contributed by atoms with van der Waals surface area (Å²) in [4.78, 5) is 24.6. The molecular formula is C17H19N3O3. The van der Waals surface area contributed by atoms with E-state index in [1.807, 2.05) is 6.92 Å². The number of amides is 1. The van der Waals surface area contributed by atoms with Crippen LogP contribution in [0.1, 0.15) is 45.8 Å². The largest absolute Gasteiger partial charge is 0.508 e. The molecule has 1 heterocycles. The summed E-state index contributed by atoms with van der Waals surface area (Å²) in [6.45, 7) is 3.53. The van der Waals surface area contributed by atoms with Gasteiger partial charge in [-0.25, -0.2) is 0 Å². The van der Waals surface area contributed by atoms with Crippen LogP contribution in [0.15, 0.2) is 23.0 Å². The van der Waals surface area contributed by atoms with Gasteiger partial charge in [-0.15, -0.1) is 0 Å². The number of phenols is 1. The van der Waals surface area contributed by atoms with Crippen molar-refractivity contribution in [3.63, 3.8) is 0 Å². The highest BCUT2D eigenvalue weighted by Gasteiger charge is 2.30. The lowest BCUT2D eigenvalue weighted by atomic mass is 10.0. The third-order valence-corrected chi connectivity index (χ3v) is 4.38. The Hall–Kier alpha value is -2.76. The molecule has 0 spiro atoms. The summed E-state index contributed by atoms with van der Waals surface area (Å²) in [5.74, 6) is -0.461. The highest BCUT2D eigenvalue weighted by Crippen LogP contribution is 2.39. The molecular weight excluding hydrogens is 294 g/mol. The number of anilines is 1. The molecule has 1 aliphatic rings. The SMILES string of the molecule is Cc1ccc(O)c(C)c1-n1c(N)c(C(N)=O)cc(C2CC2)c1=O. The molecule has 120 valence electrons. The van der Waals surface area contributed by atoms with E-state index in [9.17, 15) is 14.7 Å². The first-order valence-electron chi connectivity index (χ1n) is 7.47. The molecule has 1 amide bonds. The molecule has 0 radical (unpaired) electrons. The summed E-state index contributed by atoms with van der Waals surface area (Å²) >= 11 is 0. The number of rotatable bonds is 3. The molecule has 1 aromatic heterocycles. The topological polar surface area (TPSA) is 111 Å². The van der Waals surface area contributed by atoms with Crippen molar-refractivity contribution >= 4 is 11.7 Å². The number of aryl methyl sites for hydroxylation is 1. The molecule has 1 saturated carbocycles. The third kappa shape index (κ3) is 2.36. The molecule has 0 aliphatic heterocycles. The van der Waals surface area contributed by atoms with Crippen LogP contribution in [0.4, 0.5) is 5.82 Å². The van der Waals surface area contributed by atoms with E-state index in [0.717, 1.165) is 18.4 Å². The summed E-state index contributed by atoms with van der Waals surface area (Å²) in [7, 11) is 0. The number of carbonyl (C=O) groups is 1. The molecule has 6 nitrogen and oxygen atoms in total. The molecule has 0 atom stereocenters. The van der Waals surface area contributed by atoms with Crippen molar-refractivity contribution in [2.24, 2.45) is 5.73 Å². The number of hydrogen-bond acceptors (Lipinski definition) is 4. The summed E-state index contributed by atoms with van der Waals surface area (Å²) in [5.41, 5.74) is 13.7. The Morgan fingerprint density at radius 3 is 2.52 bits per heavy atom. The van der Waals surface area contributed by atoms with Gasteiger partial charge in [-0.1, -0.05) is 6.07 Å². The molecule has 3 rings (SSSR count). The Balaban J connectivity index is 2.42. The molecule has 0 unspecified atom stereocenters. The molecule has 23 heavy (non-hydrogen) atoms. The van der Waals surface area contributed by atoms with Crippen molar-refractivity contribution in [2.75, 3.05) is 5.73 Å². The second kappa shape index (κ2) is 5.15. The van der Waals surface area contributed by atoms with Crippen LogP contribution in [-0.4, -0.2) is 15.6 Å². The van der Waals surface area contributed by atoms with Gasteiger partial charge < -0.3 is 16.6 Å². The van der Waals surface area contributed by atoms with Crippen LogP contribution in [0.2, 0.25) is 0 Å². The minimum absolute atomic E-state index is 0.00343. The highest BCUT2D eigenvalue weighted by atomic mass is 16.3. The zero-order valence-electron chi connectivity index (χ0n) is 13.1. The van der Waals surface area contributed by atoms with Gasteiger partial charge in [0.15, 0.2) is 0 Å². The lowest BCUT2D eigenvalue weighted by Crippen LogP contribution is -2.29. The summed E-state index contributed by atoms with van der Waals surface area (Å²) < 4.78 is 1.30. The van der Waals surface area contributed by atoms with E-state index < -0.39 is 5.91 Å². The average Bonchev–Trinajstić information content (AvgIpc) is 3.31. The van der Waals surface area contributed by atoms with Gasteiger partial charge in [0, 0.05) is 11.1 Å². The number of nitrogen functional groups attached to an aromatic ring is 1. The highest BCUT2D eigenvalue weighted by molar-refractivity contribution is 5.97. The van der Waals surface area contributed by atoms with Gasteiger partial charge in [0.05, 0.1) is 11.3 Å². The Kier molecular flexibility index (Phi) is 3.39. The predicted molar refractivity (Wildman–Crippen MR) is 88.1 cm³/mol. The molecule has 0 saturated heterocycles. The third-order valence-electron chi connectivity index (χ3n) is 4.38. The smallest absolute Gasteiger partial charge is 0.260 e. The maximum absolute atomic E-state index is 12.9. The quantitative estimate of drug-likeness (QED) is 0.801. The Bertz CT molecular complexity index is 880. The fourth-order valence-electron chi connectivity index (χ4n) is 2.93.